The van der Waals surface area contributed by atoms with E-state index in [1.807, 2.05) is 0 Å². The van der Waals surface area contributed by atoms with Gasteiger partial charge in [0.2, 0.25) is 0 Å². The summed E-state index contributed by atoms with van der Waals surface area (Å²) in [7, 11) is 0. The molecule has 1 aromatic carbocycles. The third kappa shape index (κ3) is 6.52. The maximum Gasteiger partial charge on any atom is 0.119 e. The molecular weight excluding hydrogens is 332 g/mol. The van der Waals surface area contributed by atoms with Crippen LogP contribution < -0.4 is 4.74 Å². The van der Waals surface area contributed by atoms with E-state index in [1.165, 1.54) is 56.9 Å². The molecule has 2 saturated carbocycles. The predicted molar refractivity (Wildman–Crippen MR) is 113 cm³/mol. The lowest BCUT2D eigenvalue weighted by Gasteiger charge is -2.37. The van der Waals surface area contributed by atoms with Gasteiger partial charge in [0.25, 0.3) is 0 Å². The number of rotatable bonds is 9. The van der Waals surface area contributed by atoms with Gasteiger partial charge in [-0.15, -0.1) is 0 Å². The van der Waals surface area contributed by atoms with E-state index in [4.69, 9.17) is 9.84 Å². The van der Waals surface area contributed by atoms with Crippen molar-refractivity contribution in [1.29, 1.82) is 0 Å². The molecule has 0 atom stereocenters. The van der Waals surface area contributed by atoms with E-state index in [0.29, 0.717) is 6.61 Å². The van der Waals surface area contributed by atoms with Crippen molar-refractivity contribution >= 4 is 0 Å². The first kappa shape index (κ1) is 20.7. The van der Waals surface area contributed by atoms with Gasteiger partial charge in [-0.2, -0.15) is 0 Å². The number of hydrogen-bond donors (Lipinski definition) is 1. The molecule has 0 bridgehead atoms. The van der Waals surface area contributed by atoms with E-state index >= 15 is 0 Å². The van der Waals surface area contributed by atoms with Crippen LogP contribution in [0, 0.1) is 17.8 Å². The highest BCUT2D eigenvalue weighted by Crippen LogP contribution is 2.43. The molecule has 2 aliphatic rings. The van der Waals surface area contributed by atoms with E-state index in [0.717, 1.165) is 61.7 Å². The number of aliphatic hydroxyl groups excluding tert-OH is 1. The van der Waals surface area contributed by atoms with Gasteiger partial charge >= 0.3 is 0 Å². The molecule has 0 radical (unpaired) electrons. The number of ether oxygens (including phenoxy) is 1. The van der Waals surface area contributed by atoms with Gasteiger partial charge in [-0.3, -0.25) is 0 Å². The summed E-state index contributed by atoms with van der Waals surface area (Å²) in [4.78, 5) is 0. The topological polar surface area (TPSA) is 29.5 Å². The first-order valence-electron chi connectivity index (χ1n) is 11.6. The van der Waals surface area contributed by atoms with Gasteiger partial charge in [-0.1, -0.05) is 38.3 Å². The highest BCUT2D eigenvalue weighted by Gasteiger charge is 2.30. The highest BCUT2D eigenvalue weighted by molar-refractivity contribution is 5.29. The maximum atomic E-state index is 8.79. The van der Waals surface area contributed by atoms with Gasteiger partial charge < -0.3 is 9.84 Å². The summed E-state index contributed by atoms with van der Waals surface area (Å²) in [5.74, 6) is 4.76. The smallest absolute Gasteiger partial charge is 0.119 e. The number of benzene rings is 1. The Morgan fingerprint density at radius 3 is 2.00 bits per heavy atom. The lowest BCUT2D eigenvalue weighted by Crippen LogP contribution is -2.24. The molecule has 2 nitrogen and oxygen atoms in total. The van der Waals surface area contributed by atoms with E-state index in [9.17, 15) is 0 Å². The zero-order valence-electron chi connectivity index (χ0n) is 17.4. The van der Waals surface area contributed by atoms with Gasteiger partial charge in [0.15, 0.2) is 0 Å². The molecule has 0 heterocycles. The van der Waals surface area contributed by atoms with E-state index < -0.39 is 0 Å². The normalized spacial score (nSPS) is 28.8. The molecule has 0 amide bonds. The second-order valence-corrected chi connectivity index (χ2v) is 9.19. The average molecular weight is 373 g/mol. The Hall–Kier alpha value is -1.02. The molecule has 0 saturated heterocycles. The maximum absolute atomic E-state index is 8.79. The Morgan fingerprint density at radius 2 is 1.37 bits per heavy atom. The zero-order chi connectivity index (χ0) is 18.9. The first-order valence-corrected chi connectivity index (χ1v) is 11.6. The van der Waals surface area contributed by atoms with Crippen LogP contribution in [0.15, 0.2) is 24.3 Å². The quantitative estimate of drug-likeness (QED) is 0.488. The second-order valence-electron chi connectivity index (χ2n) is 9.19. The van der Waals surface area contributed by atoms with Crippen LogP contribution in [0.5, 0.6) is 5.75 Å². The minimum Gasteiger partial charge on any atom is -0.494 e. The number of unbranched alkanes of at least 4 members (excludes halogenated alkanes) is 3. The van der Waals surface area contributed by atoms with Crippen molar-refractivity contribution in [2.75, 3.05) is 13.2 Å². The molecule has 0 aromatic heterocycles. The summed E-state index contributed by atoms with van der Waals surface area (Å²) < 4.78 is 5.87. The third-order valence-corrected chi connectivity index (χ3v) is 7.17. The third-order valence-electron chi connectivity index (χ3n) is 7.17. The molecular formula is C25H40O2. The van der Waals surface area contributed by atoms with Crippen LogP contribution in [0.3, 0.4) is 0 Å². The second kappa shape index (κ2) is 11.1. The standard InChI is InChI=1S/C25H40O2/c1-20-6-8-21(9-7-20)22-10-12-23(13-11-22)24-14-16-25(17-15-24)27-19-5-3-2-4-18-26/h14-17,20-23,26H,2-13,18-19H2,1H3. The molecule has 27 heavy (non-hydrogen) atoms. The molecule has 2 heteroatoms. The molecule has 3 rings (SSSR count). The SMILES string of the molecule is CC1CCC(C2CCC(c3ccc(OCCCCCCO)cc3)CC2)CC1. The summed E-state index contributed by atoms with van der Waals surface area (Å²) in [6.45, 7) is 3.53. The average Bonchev–Trinajstić information content (AvgIpc) is 2.72. The molecule has 2 fully saturated rings. The Bertz CT molecular complexity index is 508. The molecule has 1 N–H and O–H groups in total. The summed E-state index contributed by atoms with van der Waals surface area (Å²) in [5.41, 5.74) is 1.51. The Labute approximate surface area is 166 Å². The van der Waals surface area contributed by atoms with Gasteiger partial charge in [0.05, 0.1) is 6.61 Å². The fraction of sp³-hybridized carbons (Fsp3) is 0.760. The summed E-state index contributed by atoms with van der Waals surface area (Å²) in [5, 5.41) is 8.79. The van der Waals surface area contributed by atoms with Crippen molar-refractivity contribution in [3.05, 3.63) is 29.8 Å². The van der Waals surface area contributed by atoms with E-state index in [2.05, 4.69) is 31.2 Å². The van der Waals surface area contributed by atoms with Gasteiger partial charge in [0.1, 0.15) is 5.75 Å². The van der Waals surface area contributed by atoms with Gasteiger partial charge in [0, 0.05) is 6.61 Å². The van der Waals surface area contributed by atoms with Crippen LogP contribution in [0.1, 0.15) is 95.5 Å². The van der Waals surface area contributed by atoms with Crippen LogP contribution in [-0.4, -0.2) is 18.3 Å². The van der Waals surface area contributed by atoms with Gasteiger partial charge in [-0.25, -0.2) is 0 Å². The Morgan fingerprint density at radius 1 is 0.778 bits per heavy atom. The minimum atomic E-state index is 0.310. The van der Waals surface area contributed by atoms with Crippen molar-refractivity contribution in [3.8, 4) is 5.75 Å². The summed E-state index contributed by atoms with van der Waals surface area (Å²) in [6, 6.07) is 8.93. The predicted octanol–water partition coefficient (Wildman–Crippen LogP) is 6.72. The first-order chi connectivity index (χ1) is 13.3. The fourth-order valence-electron chi connectivity index (χ4n) is 5.27. The monoisotopic (exact) mass is 372 g/mol. The molecule has 0 unspecified atom stereocenters. The van der Waals surface area contributed by atoms with Gasteiger partial charge in [-0.05, 0) is 99.2 Å². The Kier molecular flexibility index (Phi) is 8.51. The minimum absolute atomic E-state index is 0.310. The largest absolute Gasteiger partial charge is 0.494 e. The number of aliphatic hydroxyl groups is 1. The van der Waals surface area contributed by atoms with Crippen molar-refractivity contribution in [1.82, 2.24) is 0 Å². The van der Waals surface area contributed by atoms with Crippen LogP contribution in [0.4, 0.5) is 0 Å². The van der Waals surface area contributed by atoms with Crippen LogP contribution in [0.25, 0.3) is 0 Å². The molecule has 0 aliphatic heterocycles. The summed E-state index contributed by atoms with van der Waals surface area (Å²) in [6.07, 6.45) is 15.8. The molecule has 0 spiro atoms. The van der Waals surface area contributed by atoms with Crippen molar-refractivity contribution in [3.63, 3.8) is 0 Å². The molecule has 1 aromatic rings. The van der Waals surface area contributed by atoms with Crippen molar-refractivity contribution in [2.24, 2.45) is 17.8 Å². The zero-order valence-corrected chi connectivity index (χ0v) is 17.4. The van der Waals surface area contributed by atoms with E-state index in [1.54, 1.807) is 0 Å². The highest BCUT2D eigenvalue weighted by atomic mass is 16.5. The van der Waals surface area contributed by atoms with E-state index in [-0.39, 0.29) is 0 Å². The van der Waals surface area contributed by atoms with Crippen molar-refractivity contribution in [2.45, 2.75) is 89.9 Å². The lowest BCUT2D eigenvalue weighted by molar-refractivity contribution is 0.165. The molecule has 152 valence electrons. The number of hydrogen-bond acceptors (Lipinski definition) is 2. The Balaban J connectivity index is 1.37. The lowest BCUT2D eigenvalue weighted by atomic mass is 9.68. The van der Waals surface area contributed by atoms with Crippen LogP contribution >= 0.6 is 0 Å². The van der Waals surface area contributed by atoms with Crippen LogP contribution in [-0.2, 0) is 0 Å². The fourth-order valence-corrected chi connectivity index (χ4v) is 5.27. The summed E-state index contributed by atoms with van der Waals surface area (Å²) >= 11 is 0. The van der Waals surface area contributed by atoms with Crippen molar-refractivity contribution < 1.29 is 9.84 Å². The molecule has 2 aliphatic carbocycles. The van der Waals surface area contributed by atoms with Crippen LogP contribution in [0.2, 0.25) is 0 Å².